The molecule has 0 saturated heterocycles. The van der Waals surface area contributed by atoms with E-state index in [2.05, 4.69) is 5.32 Å². The first-order chi connectivity index (χ1) is 13.8. The van der Waals surface area contributed by atoms with Crippen LogP contribution in [-0.4, -0.2) is 16.4 Å². The molecule has 4 rings (SSSR count). The van der Waals surface area contributed by atoms with Crippen molar-refractivity contribution >= 4 is 34.1 Å². The van der Waals surface area contributed by atoms with Crippen LogP contribution in [0.4, 0.5) is 11.4 Å². The molecule has 3 aromatic rings. The summed E-state index contributed by atoms with van der Waals surface area (Å²) in [6.07, 6.45) is 3.85. The molecule has 0 radical (unpaired) electrons. The number of rotatable bonds is 4. The minimum absolute atomic E-state index is 0.123. The second-order valence-corrected chi connectivity index (χ2v) is 7.61. The predicted molar refractivity (Wildman–Crippen MR) is 113 cm³/mol. The number of nitrogens with one attached hydrogen (secondary N) is 1. The van der Waals surface area contributed by atoms with Crippen LogP contribution in [0.2, 0.25) is 0 Å². The van der Waals surface area contributed by atoms with Crippen molar-refractivity contribution in [3.05, 3.63) is 81.9 Å². The molecule has 1 aliphatic rings. The van der Waals surface area contributed by atoms with Crippen LogP contribution in [0.25, 0.3) is 16.8 Å². The van der Waals surface area contributed by atoms with E-state index in [1.807, 2.05) is 68.5 Å². The number of benzene rings is 3. The zero-order chi connectivity index (χ0) is 20.6. The summed E-state index contributed by atoms with van der Waals surface area (Å²) >= 11 is 0. The van der Waals surface area contributed by atoms with E-state index in [-0.39, 0.29) is 23.7 Å². The molecule has 146 valence electrons. The van der Waals surface area contributed by atoms with Crippen molar-refractivity contribution in [2.75, 3.05) is 5.32 Å². The van der Waals surface area contributed by atoms with Gasteiger partial charge in [0, 0.05) is 5.56 Å². The molecule has 0 atom stereocenters. The molecule has 6 nitrogen and oxygen atoms in total. The van der Waals surface area contributed by atoms with Gasteiger partial charge in [0.1, 0.15) is 17.0 Å². The number of carbonyl (C=O) groups excluding carboxylic acids is 1. The van der Waals surface area contributed by atoms with Gasteiger partial charge in [0.15, 0.2) is 0 Å². The Hall–Kier alpha value is -3.67. The summed E-state index contributed by atoms with van der Waals surface area (Å²) in [5, 5.41) is 16.4. The third-order valence-corrected chi connectivity index (χ3v) is 4.81. The first kappa shape index (κ1) is 18.7. The molecule has 0 fully saturated rings. The predicted octanol–water partition coefficient (Wildman–Crippen LogP) is 5.11. The molecule has 1 N–H and O–H groups in total. The van der Waals surface area contributed by atoms with Crippen molar-refractivity contribution < 1.29 is 14.5 Å². The Bertz CT molecular complexity index is 1160. The Labute approximate surface area is 168 Å². The van der Waals surface area contributed by atoms with Crippen LogP contribution in [0, 0.1) is 10.1 Å². The summed E-state index contributed by atoms with van der Waals surface area (Å²) in [4.78, 5) is 23.6. The second kappa shape index (κ2) is 7.05. The highest BCUT2D eigenvalue weighted by Crippen LogP contribution is 2.38. The fraction of sp³-hybridized carbons (Fsp3) is 0.174. The summed E-state index contributed by atoms with van der Waals surface area (Å²) in [5.74, 6) is 0.112. The van der Waals surface area contributed by atoms with Gasteiger partial charge in [0.25, 0.3) is 5.69 Å². The molecule has 0 aromatic heterocycles. The lowest BCUT2D eigenvalue weighted by Gasteiger charge is -2.28. The average Bonchev–Trinajstić information content (AvgIpc) is 2.67. The number of ether oxygens (including phenoxy) is 1. The fourth-order valence-electron chi connectivity index (χ4n) is 3.39. The highest BCUT2D eigenvalue weighted by molar-refractivity contribution is 5.96. The standard InChI is InChI=1S/C23H20N2O4/c1-23(2)10-9-18-13-19(20(25(27)28)14-21(18)29-23)24-22(26)12-15-7-8-16-5-3-4-6-17(16)11-15/h3-11,13-14H,12H2,1-2H3,(H,24,26). The van der Waals surface area contributed by atoms with Gasteiger partial charge in [0.2, 0.25) is 5.91 Å². The number of anilines is 1. The summed E-state index contributed by atoms with van der Waals surface area (Å²) in [6, 6.07) is 16.7. The lowest BCUT2D eigenvalue weighted by molar-refractivity contribution is -0.384. The number of nitro groups is 1. The lowest BCUT2D eigenvalue weighted by Crippen LogP contribution is -2.27. The highest BCUT2D eigenvalue weighted by atomic mass is 16.6. The van der Waals surface area contributed by atoms with Crippen molar-refractivity contribution in [2.45, 2.75) is 25.9 Å². The Balaban J connectivity index is 1.59. The van der Waals surface area contributed by atoms with Gasteiger partial charge in [-0.1, -0.05) is 48.5 Å². The van der Waals surface area contributed by atoms with E-state index in [9.17, 15) is 14.9 Å². The highest BCUT2D eigenvalue weighted by Gasteiger charge is 2.26. The van der Waals surface area contributed by atoms with Gasteiger partial charge in [-0.15, -0.1) is 0 Å². The van der Waals surface area contributed by atoms with Crippen molar-refractivity contribution in [3.8, 4) is 5.75 Å². The van der Waals surface area contributed by atoms with Crippen LogP contribution < -0.4 is 10.1 Å². The van der Waals surface area contributed by atoms with Gasteiger partial charge in [-0.25, -0.2) is 0 Å². The molecular weight excluding hydrogens is 368 g/mol. The summed E-state index contributed by atoms with van der Waals surface area (Å²) < 4.78 is 5.80. The number of nitro benzene ring substituents is 1. The maximum atomic E-state index is 12.6. The lowest BCUT2D eigenvalue weighted by atomic mass is 10.0. The maximum absolute atomic E-state index is 12.6. The smallest absolute Gasteiger partial charge is 0.296 e. The molecule has 1 aliphatic heterocycles. The van der Waals surface area contributed by atoms with Gasteiger partial charge in [0.05, 0.1) is 17.4 Å². The van der Waals surface area contributed by atoms with Gasteiger partial charge in [-0.3, -0.25) is 14.9 Å². The van der Waals surface area contributed by atoms with Crippen molar-refractivity contribution in [1.82, 2.24) is 0 Å². The maximum Gasteiger partial charge on any atom is 0.296 e. The number of hydrogen-bond donors (Lipinski definition) is 1. The first-order valence-electron chi connectivity index (χ1n) is 9.29. The Morgan fingerprint density at radius 2 is 1.86 bits per heavy atom. The van der Waals surface area contributed by atoms with Gasteiger partial charge >= 0.3 is 0 Å². The number of nitrogens with zero attached hydrogens (tertiary/aromatic N) is 1. The molecule has 0 unspecified atom stereocenters. The zero-order valence-corrected chi connectivity index (χ0v) is 16.1. The molecule has 0 bridgehead atoms. The number of hydrogen-bond acceptors (Lipinski definition) is 4. The molecule has 1 heterocycles. The monoisotopic (exact) mass is 388 g/mol. The van der Waals surface area contributed by atoms with Crippen molar-refractivity contribution in [2.24, 2.45) is 0 Å². The Morgan fingerprint density at radius 3 is 2.62 bits per heavy atom. The molecule has 1 amide bonds. The van der Waals surface area contributed by atoms with Crippen molar-refractivity contribution in [3.63, 3.8) is 0 Å². The first-order valence-corrected chi connectivity index (χ1v) is 9.29. The van der Waals surface area contributed by atoms with Crippen LogP contribution in [0.15, 0.2) is 60.7 Å². The number of carbonyl (C=O) groups is 1. The van der Waals surface area contributed by atoms with Gasteiger partial charge < -0.3 is 10.1 Å². The third-order valence-electron chi connectivity index (χ3n) is 4.81. The molecule has 0 aliphatic carbocycles. The largest absolute Gasteiger partial charge is 0.483 e. The third kappa shape index (κ3) is 3.96. The van der Waals surface area contributed by atoms with E-state index in [0.717, 1.165) is 16.3 Å². The van der Waals surface area contributed by atoms with E-state index < -0.39 is 10.5 Å². The fourth-order valence-corrected chi connectivity index (χ4v) is 3.39. The van der Waals surface area contributed by atoms with E-state index in [0.29, 0.717) is 11.3 Å². The van der Waals surface area contributed by atoms with Crippen LogP contribution in [-0.2, 0) is 11.2 Å². The molecule has 6 heteroatoms. The molecule has 29 heavy (non-hydrogen) atoms. The minimum atomic E-state index is -0.540. The molecule has 0 saturated carbocycles. The van der Waals surface area contributed by atoms with Crippen LogP contribution >= 0.6 is 0 Å². The normalized spacial score (nSPS) is 14.1. The topological polar surface area (TPSA) is 81.5 Å². The quantitative estimate of drug-likeness (QED) is 0.497. The van der Waals surface area contributed by atoms with Crippen molar-refractivity contribution in [1.29, 1.82) is 0 Å². The summed E-state index contributed by atoms with van der Waals surface area (Å²) in [6.45, 7) is 3.75. The summed E-state index contributed by atoms with van der Waals surface area (Å²) in [5.41, 5.74) is 0.957. The number of amides is 1. The average molecular weight is 388 g/mol. The molecule has 0 spiro atoms. The molecule has 3 aromatic carbocycles. The van der Waals surface area contributed by atoms with E-state index in [4.69, 9.17) is 4.74 Å². The molecular formula is C23H20N2O4. The second-order valence-electron chi connectivity index (χ2n) is 7.61. The number of fused-ring (bicyclic) bond motifs is 2. The SMILES string of the molecule is CC1(C)C=Cc2cc(NC(=O)Cc3ccc4ccccc4c3)c([N+](=O)[O-])cc2O1. The van der Waals surface area contributed by atoms with Crippen LogP contribution in [0.3, 0.4) is 0 Å². The van der Waals surface area contributed by atoms with Crippen LogP contribution in [0.5, 0.6) is 5.75 Å². The van der Waals surface area contributed by atoms with Gasteiger partial charge in [-0.05, 0) is 42.3 Å². The Morgan fingerprint density at radius 1 is 1.10 bits per heavy atom. The zero-order valence-electron chi connectivity index (χ0n) is 16.1. The van der Waals surface area contributed by atoms with E-state index in [1.54, 1.807) is 6.07 Å². The summed E-state index contributed by atoms with van der Waals surface area (Å²) in [7, 11) is 0. The van der Waals surface area contributed by atoms with Crippen LogP contribution in [0.1, 0.15) is 25.0 Å². The van der Waals surface area contributed by atoms with E-state index >= 15 is 0 Å². The van der Waals surface area contributed by atoms with Gasteiger partial charge in [-0.2, -0.15) is 0 Å². The Kier molecular flexibility index (Phi) is 4.54. The van der Waals surface area contributed by atoms with E-state index in [1.165, 1.54) is 6.07 Å². The minimum Gasteiger partial charge on any atom is -0.483 e.